The lowest BCUT2D eigenvalue weighted by Crippen LogP contribution is -2.06. The van der Waals surface area contributed by atoms with Gasteiger partial charge < -0.3 is 11.5 Å². The molecule has 0 aliphatic heterocycles. The molecule has 0 fully saturated rings. The van der Waals surface area contributed by atoms with Gasteiger partial charge in [0.05, 0.1) is 4.90 Å². The first-order valence-electron chi connectivity index (χ1n) is 3.14. The van der Waals surface area contributed by atoms with Crippen LogP contribution >= 0.6 is 23.4 Å². The molecular weight excluding hydrogens is 241 g/mol. The average molecular weight is 245 g/mol. The standard InChI is InChI=1S/C5H4ClF3N4S/c6-2-1(14-5(7,8)9)3(10)13-4(11)12-2/h(H4,10,11,12,13). The summed E-state index contributed by atoms with van der Waals surface area (Å²) >= 11 is 4.93. The number of halogens is 4. The second kappa shape index (κ2) is 3.70. The summed E-state index contributed by atoms with van der Waals surface area (Å²) in [5.74, 6) is -0.649. The fourth-order valence-electron chi connectivity index (χ4n) is 0.666. The molecule has 14 heavy (non-hydrogen) atoms. The van der Waals surface area contributed by atoms with Gasteiger partial charge in [-0.25, -0.2) is 0 Å². The van der Waals surface area contributed by atoms with Gasteiger partial charge in [-0.15, -0.1) is 0 Å². The van der Waals surface area contributed by atoms with Crippen molar-refractivity contribution < 1.29 is 13.2 Å². The Morgan fingerprint density at radius 2 is 1.79 bits per heavy atom. The Bertz CT molecular complexity index is 332. The molecule has 0 radical (unpaired) electrons. The highest BCUT2D eigenvalue weighted by Gasteiger charge is 2.32. The highest BCUT2D eigenvalue weighted by atomic mass is 35.5. The third-order valence-electron chi connectivity index (χ3n) is 1.09. The zero-order valence-corrected chi connectivity index (χ0v) is 8.04. The van der Waals surface area contributed by atoms with Crippen LogP contribution < -0.4 is 11.5 Å². The third-order valence-corrected chi connectivity index (χ3v) is 2.31. The molecule has 1 aromatic heterocycles. The summed E-state index contributed by atoms with van der Waals surface area (Å²) in [4.78, 5) is 6.27. The summed E-state index contributed by atoms with van der Waals surface area (Å²) in [5.41, 5.74) is 5.82. The van der Waals surface area contributed by atoms with Crippen LogP contribution in [0.3, 0.4) is 0 Å². The molecule has 0 atom stereocenters. The van der Waals surface area contributed by atoms with E-state index in [1.54, 1.807) is 0 Å². The SMILES string of the molecule is Nc1nc(N)c(SC(F)(F)F)c(Cl)n1. The highest BCUT2D eigenvalue weighted by Crippen LogP contribution is 2.42. The molecule has 0 aromatic carbocycles. The smallest absolute Gasteiger partial charge is 0.383 e. The van der Waals surface area contributed by atoms with Crippen LogP contribution in [-0.2, 0) is 0 Å². The van der Waals surface area contributed by atoms with Crippen LogP contribution in [0, 0.1) is 0 Å². The molecule has 0 aliphatic rings. The van der Waals surface area contributed by atoms with Crippen molar-refractivity contribution in [1.82, 2.24) is 9.97 Å². The minimum Gasteiger partial charge on any atom is -0.383 e. The molecule has 1 rings (SSSR count). The van der Waals surface area contributed by atoms with E-state index in [9.17, 15) is 13.2 Å². The van der Waals surface area contributed by atoms with Crippen molar-refractivity contribution in [3.05, 3.63) is 5.15 Å². The van der Waals surface area contributed by atoms with E-state index < -0.39 is 27.3 Å². The summed E-state index contributed by atoms with van der Waals surface area (Å²) < 4.78 is 35.9. The number of nitrogens with two attached hydrogens (primary N) is 2. The molecule has 9 heteroatoms. The van der Waals surface area contributed by atoms with E-state index in [4.69, 9.17) is 23.1 Å². The fourth-order valence-corrected chi connectivity index (χ4v) is 1.48. The van der Waals surface area contributed by atoms with Crippen LogP contribution in [0.25, 0.3) is 0 Å². The molecule has 0 bridgehead atoms. The van der Waals surface area contributed by atoms with Crippen molar-refractivity contribution in [2.75, 3.05) is 11.5 Å². The third kappa shape index (κ3) is 2.81. The van der Waals surface area contributed by atoms with Crippen molar-refractivity contribution in [2.45, 2.75) is 10.4 Å². The summed E-state index contributed by atoms with van der Waals surface area (Å²) in [6.07, 6.45) is 0. The largest absolute Gasteiger partial charge is 0.446 e. The fraction of sp³-hybridized carbons (Fsp3) is 0.200. The van der Waals surface area contributed by atoms with Gasteiger partial charge in [-0.1, -0.05) is 11.6 Å². The van der Waals surface area contributed by atoms with Gasteiger partial charge in [-0.2, -0.15) is 23.1 Å². The van der Waals surface area contributed by atoms with Crippen molar-refractivity contribution in [3.8, 4) is 0 Å². The van der Waals surface area contributed by atoms with Gasteiger partial charge in [0.15, 0.2) is 5.15 Å². The molecule has 0 aliphatic carbocycles. The summed E-state index contributed by atoms with van der Waals surface area (Å²) in [5, 5.41) is -0.405. The number of hydrogen-bond acceptors (Lipinski definition) is 5. The van der Waals surface area contributed by atoms with E-state index in [1.165, 1.54) is 0 Å². The Balaban J connectivity index is 3.09. The first-order chi connectivity index (χ1) is 6.29. The van der Waals surface area contributed by atoms with Crippen LogP contribution in [0.1, 0.15) is 0 Å². The molecule has 0 saturated carbocycles. The maximum Gasteiger partial charge on any atom is 0.446 e. The second-order valence-electron chi connectivity index (χ2n) is 2.13. The Morgan fingerprint density at radius 3 is 2.21 bits per heavy atom. The molecule has 0 saturated heterocycles. The minimum atomic E-state index is -4.49. The van der Waals surface area contributed by atoms with Crippen molar-refractivity contribution >= 4 is 35.1 Å². The number of thioether (sulfide) groups is 1. The Morgan fingerprint density at radius 1 is 1.21 bits per heavy atom. The predicted molar refractivity (Wildman–Crippen MR) is 47.8 cm³/mol. The number of anilines is 2. The Labute approximate surface area is 85.8 Å². The van der Waals surface area contributed by atoms with Gasteiger partial charge in [0.25, 0.3) is 0 Å². The van der Waals surface area contributed by atoms with E-state index in [0.717, 1.165) is 0 Å². The second-order valence-corrected chi connectivity index (χ2v) is 3.57. The maximum absolute atomic E-state index is 12.0. The molecule has 1 heterocycles. The summed E-state index contributed by atoms with van der Waals surface area (Å²) in [6, 6.07) is 0. The van der Waals surface area contributed by atoms with E-state index in [-0.39, 0.29) is 11.8 Å². The van der Waals surface area contributed by atoms with Crippen LogP contribution in [0.4, 0.5) is 24.9 Å². The number of alkyl halides is 3. The van der Waals surface area contributed by atoms with Crippen LogP contribution in [0.15, 0.2) is 4.90 Å². The van der Waals surface area contributed by atoms with Crippen molar-refractivity contribution in [1.29, 1.82) is 0 Å². The van der Waals surface area contributed by atoms with Crippen LogP contribution in [-0.4, -0.2) is 15.5 Å². The van der Waals surface area contributed by atoms with E-state index in [1.807, 2.05) is 0 Å². The zero-order valence-electron chi connectivity index (χ0n) is 6.47. The Kier molecular flexibility index (Phi) is 2.95. The number of nitrogens with zero attached hydrogens (tertiary/aromatic N) is 2. The zero-order chi connectivity index (χ0) is 10.9. The molecule has 0 spiro atoms. The van der Waals surface area contributed by atoms with Gasteiger partial charge in [-0.05, 0) is 11.8 Å². The molecule has 0 unspecified atom stereocenters. The molecule has 4 N–H and O–H groups in total. The normalized spacial score (nSPS) is 11.7. The highest BCUT2D eigenvalue weighted by molar-refractivity contribution is 8.00. The molecule has 4 nitrogen and oxygen atoms in total. The van der Waals surface area contributed by atoms with Gasteiger partial charge in [0.1, 0.15) is 5.82 Å². The van der Waals surface area contributed by atoms with Crippen LogP contribution in [0.5, 0.6) is 0 Å². The topological polar surface area (TPSA) is 77.8 Å². The monoisotopic (exact) mass is 244 g/mol. The van der Waals surface area contributed by atoms with E-state index in [0.29, 0.717) is 0 Å². The van der Waals surface area contributed by atoms with E-state index in [2.05, 4.69) is 9.97 Å². The van der Waals surface area contributed by atoms with Gasteiger partial charge in [0.2, 0.25) is 5.95 Å². The number of rotatable bonds is 1. The maximum atomic E-state index is 12.0. The lowest BCUT2D eigenvalue weighted by atomic mass is 10.6. The van der Waals surface area contributed by atoms with E-state index >= 15 is 0 Å². The predicted octanol–water partition coefficient (Wildman–Crippen LogP) is 1.91. The Hall–Kier alpha value is -0.890. The first kappa shape index (κ1) is 11.2. The number of aromatic nitrogens is 2. The number of nitrogen functional groups attached to an aromatic ring is 2. The van der Waals surface area contributed by atoms with Gasteiger partial charge in [-0.3, -0.25) is 0 Å². The first-order valence-corrected chi connectivity index (χ1v) is 4.33. The van der Waals surface area contributed by atoms with Crippen LogP contribution in [0.2, 0.25) is 5.15 Å². The summed E-state index contributed by atoms with van der Waals surface area (Å²) in [6.45, 7) is 0. The minimum absolute atomic E-state index is 0.265. The van der Waals surface area contributed by atoms with Crippen molar-refractivity contribution in [2.24, 2.45) is 0 Å². The van der Waals surface area contributed by atoms with Crippen molar-refractivity contribution in [3.63, 3.8) is 0 Å². The average Bonchev–Trinajstić information content (AvgIpc) is 1.95. The lowest BCUT2D eigenvalue weighted by molar-refractivity contribution is -0.0328. The lowest BCUT2D eigenvalue weighted by Gasteiger charge is -2.08. The molecular formula is C5H4ClF3N4S. The molecule has 78 valence electrons. The number of hydrogen-bond donors (Lipinski definition) is 2. The van der Waals surface area contributed by atoms with Gasteiger partial charge in [0, 0.05) is 0 Å². The molecule has 0 amide bonds. The molecule has 1 aromatic rings. The summed E-state index contributed by atoms with van der Waals surface area (Å²) in [7, 11) is 0. The quantitative estimate of drug-likeness (QED) is 0.583. The van der Waals surface area contributed by atoms with Gasteiger partial charge >= 0.3 is 5.51 Å².